The van der Waals surface area contributed by atoms with Crippen molar-refractivity contribution in [2.45, 2.75) is 7.43 Å². The highest BCUT2D eigenvalue weighted by Gasteiger charge is 2.15. The SMILES string of the molecule is C.CN(C(=O)c1ccccc1)c1ccc(B(O)O)cc1. The molecule has 5 heteroatoms. The highest BCUT2D eigenvalue weighted by Crippen LogP contribution is 2.14. The molecule has 0 spiro atoms. The fourth-order valence-corrected chi connectivity index (χ4v) is 1.76. The smallest absolute Gasteiger partial charge is 0.423 e. The second-order valence-electron chi connectivity index (χ2n) is 4.20. The molecule has 0 saturated carbocycles. The van der Waals surface area contributed by atoms with Gasteiger partial charge in [-0.05, 0) is 29.7 Å². The summed E-state index contributed by atoms with van der Waals surface area (Å²) < 4.78 is 0. The Hall–Kier alpha value is -2.11. The summed E-state index contributed by atoms with van der Waals surface area (Å²) in [7, 11) is 0.184. The Balaban J connectivity index is 0.00000200. The van der Waals surface area contributed by atoms with Gasteiger partial charge in [0.05, 0.1) is 0 Å². The molecule has 0 atom stereocenters. The third kappa shape index (κ3) is 3.47. The molecule has 2 aromatic rings. The lowest BCUT2D eigenvalue weighted by Crippen LogP contribution is -2.31. The maximum absolute atomic E-state index is 12.2. The predicted octanol–water partition coefficient (Wildman–Crippen LogP) is 1.28. The van der Waals surface area contributed by atoms with Crippen LogP contribution in [0.25, 0.3) is 0 Å². The Morgan fingerprint density at radius 2 is 1.55 bits per heavy atom. The van der Waals surface area contributed by atoms with Crippen LogP contribution in [0, 0.1) is 0 Å². The van der Waals surface area contributed by atoms with Crippen LogP contribution in [0.2, 0.25) is 0 Å². The van der Waals surface area contributed by atoms with E-state index in [0.717, 1.165) is 0 Å². The molecule has 0 radical (unpaired) electrons. The van der Waals surface area contributed by atoms with Crippen molar-refractivity contribution in [2.75, 3.05) is 11.9 Å². The second kappa shape index (κ2) is 6.89. The predicted molar refractivity (Wildman–Crippen MR) is 82.2 cm³/mol. The van der Waals surface area contributed by atoms with E-state index in [0.29, 0.717) is 16.7 Å². The largest absolute Gasteiger partial charge is 0.488 e. The van der Waals surface area contributed by atoms with E-state index in [1.165, 1.54) is 4.90 Å². The molecule has 0 aliphatic carbocycles. The number of nitrogens with zero attached hydrogens (tertiary/aromatic N) is 1. The fourth-order valence-electron chi connectivity index (χ4n) is 1.76. The molecule has 0 unspecified atom stereocenters. The summed E-state index contributed by atoms with van der Waals surface area (Å²) in [6.45, 7) is 0. The summed E-state index contributed by atoms with van der Waals surface area (Å²) in [6.07, 6.45) is 0. The van der Waals surface area contributed by atoms with Crippen LogP contribution >= 0.6 is 0 Å². The van der Waals surface area contributed by atoms with Crippen molar-refractivity contribution in [3.8, 4) is 0 Å². The minimum Gasteiger partial charge on any atom is -0.423 e. The van der Waals surface area contributed by atoms with Gasteiger partial charge in [-0.3, -0.25) is 4.79 Å². The normalized spacial score (nSPS) is 9.55. The Morgan fingerprint density at radius 3 is 2.05 bits per heavy atom. The highest BCUT2D eigenvalue weighted by molar-refractivity contribution is 6.58. The first kappa shape index (κ1) is 16.0. The number of carbonyl (C=O) groups is 1. The minimum absolute atomic E-state index is 0. The average molecular weight is 271 g/mol. The molecule has 2 aromatic carbocycles. The van der Waals surface area contributed by atoms with Gasteiger partial charge in [0.15, 0.2) is 0 Å². The average Bonchev–Trinajstić information content (AvgIpc) is 2.46. The first-order valence-corrected chi connectivity index (χ1v) is 5.89. The summed E-state index contributed by atoms with van der Waals surface area (Å²) in [4.78, 5) is 13.7. The van der Waals surface area contributed by atoms with Gasteiger partial charge in [-0.25, -0.2) is 0 Å². The third-order valence-electron chi connectivity index (χ3n) is 2.90. The van der Waals surface area contributed by atoms with E-state index in [1.54, 1.807) is 43.4 Å². The van der Waals surface area contributed by atoms with E-state index < -0.39 is 7.12 Å². The standard InChI is InChI=1S/C14H14BNO3.CH4/c1-16(14(17)11-5-3-2-4-6-11)13-9-7-12(8-10-13)15(18)19;/h2-10,18-19H,1H3;1H4. The Bertz CT molecular complexity index is 555. The maximum atomic E-state index is 12.2. The number of hydrogen-bond acceptors (Lipinski definition) is 3. The van der Waals surface area contributed by atoms with Crippen molar-refractivity contribution < 1.29 is 14.8 Å². The third-order valence-corrected chi connectivity index (χ3v) is 2.90. The van der Waals surface area contributed by atoms with E-state index in [2.05, 4.69) is 0 Å². The molecule has 0 aliphatic heterocycles. The number of rotatable bonds is 3. The van der Waals surface area contributed by atoms with E-state index in [4.69, 9.17) is 10.0 Å². The number of amides is 1. The minimum atomic E-state index is -1.50. The van der Waals surface area contributed by atoms with Gasteiger partial charge in [0.1, 0.15) is 0 Å². The van der Waals surface area contributed by atoms with Gasteiger partial charge in [-0.1, -0.05) is 37.8 Å². The van der Waals surface area contributed by atoms with Crippen LogP contribution in [-0.2, 0) is 0 Å². The van der Waals surface area contributed by atoms with Gasteiger partial charge >= 0.3 is 7.12 Å². The molecule has 0 aliphatic rings. The highest BCUT2D eigenvalue weighted by atomic mass is 16.4. The zero-order valence-corrected chi connectivity index (χ0v) is 10.5. The summed E-state index contributed by atoms with van der Waals surface area (Å²) in [5.74, 6) is -0.113. The van der Waals surface area contributed by atoms with Crippen LogP contribution in [0.4, 0.5) is 5.69 Å². The molecule has 104 valence electrons. The molecule has 0 heterocycles. The van der Waals surface area contributed by atoms with Gasteiger partial charge in [-0.2, -0.15) is 0 Å². The molecule has 0 bridgehead atoms. The van der Waals surface area contributed by atoms with E-state index in [-0.39, 0.29) is 13.3 Å². The lowest BCUT2D eigenvalue weighted by atomic mass is 9.80. The van der Waals surface area contributed by atoms with Gasteiger partial charge < -0.3 is 14.9 Å². The summed E-state index contributed by atoms with van der Waals surface area (Å²) in [5.41, 5.74) is 1.69. The number of hydrogen-bond donors (Lipinski definition) is 2. The molecule has 0 aromatic heterocycles. The van der Waals surface area contributed by atoms with Crippen molar-refractivity contribution in [3.05, 3.63) is 60.2 Å². The maximum Gasteiger partial charge on any atom is 0.488 e. The Morgan fingerprint density at radius 1 is 1.00 bits per heavy atom. The topological polar surface area (TPSA) is 60.8 Å². The summed E-state index contributed by atoms with van der Waals surface area (Å²) in [5, 5.41) is 18.0. The van der Waals surface area contributed by atoms with Gasteiger partial charge in [0, 0.05) is 18.3 Å². The molecule has 4 nitrogen and oxygen atoms in total. The number of anilines is 1. The van der Waals surface area contributed by atoms with Gasteiger partial charge in [0.25, 0.3) is 5.91 Å². The van der Waals surface area contributed by atoms with Crippen molar-refractivity contribution >= 4 is 24.2 Å². The quantitative estimate of drug-likeness (QED) is 0.827. The van der Waals surface area contributed by atoms with E-state index in [1.807, 2.05) is 18.2 Å². The van der Waals surface area contributed by atoms with Crippen LogP contribution in [0.3, 0.4) is 0 Å². The monoisotopic (exact) mass is 271 g/mol. The van der Waals surface area contributed by atoms with Crippen LogP contribution in [0.5, 0.6) is 0 Å². The lowest BCUT2D eigenvalue weighted by Gasteiger charge is -2.17. The summed E-state index contributed by atoms with van der Waals surface area (Å²) >= 11 is 0. The zero-order chi connectivity index (χ0) is 13.8. The van der Waals surface area contributed by atoms with Crippen LogP contribution in [0.15, 0.2) is 54.6 Å². The number of benzene rings is 2. The molecule has 2 rings (SSSR count). The molecule has 1 amide bonds. The lowest BCUT2D eigenvalue weighted by molar-refractivity contribution is 0.0993. The van der Waals surface area contributed by atoms with Crippen molar-refractivity contribution in [1.82, 2.24) is 0 Å². The zero-order valence-electron chi connectivity index (χ0n) is 10.5. The van der Waals surface area contributed by atoms with Crippen molar-refractivity contribution in [3.63, 3.8) is 0 Å². The van der Waals surface area contributed by atoms with Crippen molar-refractivity contribution in [1.29, 1.82) is 0 Å². The molecule has 2 N–H and O–H groups in total. The molecule has 0 fully saturated rings. The number of carbonyl (C=O) groups excluding carboxylic acids is 1. The molecule has 0 saturated heterocycles. The Kier molecular flexibility index (Phi) is 5.49. The van der Waals surface area contributed by atoms with Crippen LogP contribution in [0.1, 0.15) is 17.8 Å². The molecule has 20 heavy (non-hydrogen) atoms. The van der Waals surface area contributed by atoms with Crippen LogP contribution < -0.4 is 10.4 Å². The summed E-state index contributed by atoms with van der Waals surface area (Å²) in [6, 6.07) is 15.5. The van der Waals surface area contributed by atoms with E-state index in [9.17, 15) is 4.79 Å². The second-order valence-corrected chi connectivity index (χ2v) is 4.20. The first-order valence-electron chi connectivity index (χ1n) is 5.89. The molecular weight excluding hydrogens is 253 g/mol. The van der Waals surface area contributed by atoms with Crippen molar-refractivity contribution in [2.24, 2.45) is 0 Å². The van der Waals surface area contributed by atoms with Gasteiger partial charge in [0.2, 0.25) is 0 Å². The molecular formula is C15H18BNO3. The van der Waals surface area contributed by atoms with E-state index >= 15 is 0 Å². The van der Waals surface area contributed by atoms with Gasteiger partial charge in [-0.15, -0.1) is 0 Å². The first-order chi connectivity index (χ1) is 9.09. The fraction of sp³-hybridized carbons (Fsp3) is 0.133. The van der Waals surface area contributed by atoms with Crippen LogP contribution in [-0.4, -0.2) is 30.1 Å². The Labute approximate surface area is 119 Å².